The molecular formula is C12H22IN5. The van der Waals surface area contributed by atoms with Gasteiger partial charge < -0.3 is 10.6 Å². The minimum Gasteiger partial charge on any atom is -0.357 e. The van der Waals surface area contributed by atoms with Crippen LogP contribution in [-0.4, -0.2) is 29.2 Å². The zero-order chi connectivity index (χ0) is 12.1. The Hall–Kier alpha value is -0.790. The highest BCUT2D eigenvalue weighted by Gasteiger charge is 2.20. The molecule has 0 amide bonds. The Balaban J connectivity index is 0.00000162. The molecule has 0 saturated heterocycles. The second-order valence-electron chi connectivity index (χ2n) is 4.54. The number of halogens is 1. The first-order chi connectivity index (χ1) is 8.29. The molecule has 1 aromatic rings. The molecule has 2 rings (SSSR count). The van der Waals surface area contributed by atoms with Crippen molar-refractivity contribution in [3.63, 3.8) is 0 Å². The van der Waals surface area contributed by atoms with Crippen LogP contribution in [0.1, 0.15) is 31.0 Å². The van der Waals surface area contributed by atoms with Crippen LogP contribution < -0.4 is 10.6 Å². The first-order valence-corrected chi connectivity index (χ1v) is 6.30. The van der Waals surface area contributed by atoms with Gasteiger partial charge in [-0.25, -0.2) is 4.99 Å². The van der Waals surface area contributed by atoms with Gasteiger partial charge in [0.25, 0.3) is 0 Å². The van der Waals surface area contributed by atoms with E-state index >= 15 is 0 Å². The molecule has 1 saturated carbocycles. The molecule has 1 heterocycles. The van der Waals surface area contributed by atoms with Crippen molar-refractivity contribution in [2.75, 3.05) is 13.1 Å². The molecule has 1 fully saturated rings. The highest BCUT2D eigenvalue weighted by molar-refractivity contribution is 14.0. The summed E-state index contributed by atoms with van der Waals surface area (Å²) in [5, 5.41) is 13.5. The van der Waals surface area contributed by atoms with Crippen molar-refractivity contribution in [3.05, 3.63) is 17.5 Å². The van der Waals surface area contributed by atoms with E-state index in [1.807, 2.05) is 13.1 Å². The summed E-state index contributed by atoms with van der Waals surface area (Å²) in [5.41, 5.74) is 2.24. The smallest absolute Gasteiger partial charge is 0.191 e. The van der Waals surface area contributed by atoms with E-state index in [2.05, 4.69) is 32.7 Å². The zero-order valence-electron chi connectivity index (χ0n) is 11.0. The number of nitrogens with zero attached hydrogens (tertiary/aromatic N) is 2. The predicted molar refractivity (Wildman–Crippen MR) is 84.3 cm³/mol. The number of aromatic nitrogens is 2. The Labute approximate surface area is 125 Å². The van der Waals surface area contributed by atoms with Gasteiger partial charge in [-0.05, 0) is 32.6 Å². The Kier molecular flexibility index (Phi) is 6.45. The van der Waals surface area contributed by atoms with Crippen LogP contribution in [0, 0.1) is 12.8 Å². The number of guanidine groups is 1. The van der Waals surface area contributed by atoms with Crippen molar-refractivity contribution in [3.8, 4) is 0 Å². The molecular weight excluding hydrogens is 341 g/mol. The molecule has 3 N–H and O–H groups in total. The van der Waals surface area contributed by atoms with E-state index in [1.165, 1.54) is 12.8 Å². The lowest BCUT2D eigenvalue weighted by Gasteiger charge is -2.10. The quantitative estimate of drug-likeness (QED) is 0.425. The van der Waals surface area contributed by atoms with Crippen molar-refractivity contribution in [1.82, 2.24) is 20.8 Å². The Morgan fingerprint density at radius 2 is 2.28 bits per heavy atom. The average Bonchev–Trinajstić information content (AvgIpc) is 3.06. The molecule has 0 aliphatic heterocycles. The van der Waals surface area contributed by atoms with Crippen molar-refractivity contribution in [1.29, 1.82) is 0 Å². The zero-order valence-corrected chi connectivity index (χ0v) is 13.3. The van der Waals surface area contributed by atoms with E-state index in [4.69, 9.17) is 0 Å². The van der Waals surface area contributed by atoms with Gasteiger partial charge in [-0.3, -0.25) is 5.10 Å². The van der Waals surface area contributed by atoms with Gasteiger partial charge in [0.15, 0.2) is 5.96 Å². The largest absolute Gasteiger partial charge is 0.357 e. The highest BCUT2D eigenvalue weighted by Crippen LogP contribution is 2.27. The summed E-state index contributed by atoms with van der Waals surface area (Å²) in [7, 11) is 0. The third kappa shape index (κ3) is 4.83. The van der Waals surface area contributed by atoms with E-state index in [0.29, 0.717) is 6.54 Å². The maximum absolute atomic E-state index is 4.55. The van der Waals surface area contributed by atoms with Crippen LogP contribution in [0.4, 0.5) is 0 Å². The molecule has 102 valence electrons. The summed E-state index contributed by atoms with van der Waals surface area (Å²) in [6, 6.07) is 0. The first-order valence-electron chi connectivity index (χ1n) is 6.30. The number of hydrogen-bond donors (Lipinski definition) is 3. The number of nitrogens with one attached hydrogen (secondary N) is 3. The van der Waals surface area contributed by atoms with Gasteiger partial charge >= 0.3 is 0 Å². The molecule has 0 radical (unpaired) electrons. The van der Waals surface area contributed by atoms with Crippen LogP contribution in [0.2, 0.25) is 0 Å². The molecule has 1 aliphatic carbocycles. The standard InChI is InChI=1S/C12H21N5.HI/c1-3-13-12(14-6-10-4-5-10)15-7-11-8-16-17-9(11)2;/h8,10H,3-7H2,1-2H3,(H,16,17)(H2,13,14,15);1H. The summed E-state index contributed by atoms with van der Waals surface area (Å²) in [4.78, 5) is 4.55. The van der Waals surface area contributed by atoms with E-state index in [-0.39, 0.29) is 24.0 Å². The van der Waals surface area contributed by atoms with Crippen LogP contribution in [0.25, 0.3) is 0 Å². The lowest BCUT2D eigenvalue weighted by atomic mass is 10.3. The van der Waals surface area contributed by atoms with Crippen molar-refractivity contribution in [2.24, 2.45) is 10.9 Å². The van der Waals surface area contributed by atoms with Gasteiger partial charge in [-0.1, -0.05) is 0 Å². The molecule has 6 heteroatoms. The number of H-pyrrole nitrogens is 1. The molecule has 1 aromatic heterocycles. The van der Waals surface area contributed by atoms with Gasteiger partial charge in [0.05, 0.1) is 12.7 Å². The number of aryl methyl sites for hydroxylation is 1. The van der Waals surface area contributed by atoms with Crippen LogP contribution in [-0.2, 0) is 6.54 Å². The van der Waals surface area contributed by atoms with Gasteiger partial charge in [0, 0.05) is 24.3 Å². The first kappa shape index (κ1) is 15.3. The Bertz CT molecular complexity index is 384. The normalized spacial score (nSPS) is 15.1. The molecule has 0 bridgehead atoms. The predicted octanol–water partition coefficient (Wildman–Crippen LogP) is 1.80. The van der Waals surface area contributed by atoms with Crippen LogP contribution in [0.15, 0.2) is 11.2 Å². The molecule has 0 unspecified atom stereocenters. The van der Waals surface area contributed by atoms with Crippen molar-refractivity contribution >= 4 is 29.9 Å². The van der Waals surface area contributed by atoms with Crippen molar-refractivity contribution < 1.29 is 0 Å². The minimum atomic E-state index is 0. The third-order valence-electron chi connectivity index (χ3n) is 2.94. The molecule has 0 aromatic carbocycles. The molecule has 1 aliphatic rings. The lowest BCUT2D eigenvalue weighted by molar-refractivity contribution is 0.739. The second-order valence-corrected chi connectivity index (χ2v) is 4.54. The van der Waals surface area contributed by atoms with E-state index in [1.54, 1.807) is 0 Å². The molecule has 18 heavy (non-hydrogen) atoms. The third-order valence-corrected chi connectivity index (χ3v) is 2.94. The number of hydrogen-bond acceptors (Lipinski definition) is 2. The van der Waals surface area contributed by atoms with E-state index in [0.717, 1.165) is 36.2 Å². The van der Waals surface area contributed by atoms with Crippen LogP contribution >= 0.6 is 24.0 Å². The minimum absolute atomic E-state index is 0. The fraction of sp³-hybridized carbons (Fsp3) is 0.667. The summed E-state index contributed by atoms with van der Waals surface area (Å²) in [5.74, 6) is 1.76. The van der Waals surface area contributed by atoms with Gasteiger partial charge in [-0.2, -0.15) is 5.10 Å². The average molecular weight is 363 g/mol. The van der Waals surface area contributed by atoms with Crippen molar-refractivity contribution in [2.45, 2.75) is 33.2 Å². The fourth-order valence-corrected chi connectivity index (χ4v) is 1.60. The number of rotatable bonds is 5. The SMILES string of the molecule is CCNC(=NCc1cn[nH]c1C)NCC1CC1.I. The number of aromatic amines is 1. The second kappa shape index (κ2) is 7.60. The van der Waals surface area contributed by atoms with E-state index in [9.17, 15) is 0 Å². The summed E-state index contributed by atoms with van der Waals surface area (Å²) < 4.78 is 0. The Morgan fingerprint density at radius 3 is 2.83 bits per heavy atom. The lowest BCUT2D eigenvalue weighted by Crippen LogP contribution is -2.38. The van der Waals surface area contributed by atoms with Crippen LogP contribution in [0.5, 0.6) is 0 Å². The molecule has 0 spiro atoms. The van der Waals surface area contributed by atoms with Gasteiger partial charge in [-0.15, -0.1) is 24.0 Å². The topological polar surface area (TPSA) is 65.1 Å². The number of aliphatic imine (C=N–C) groups is 1. The monoisotopic (exact) mass is 363 g/mol. The maximum atomic E-state index is 4.55. The highest BCUT2D eigenvalue weighted by atomic mass is 127. The summed E-state index contributed by atoms with van der Waals surface area (Å²) in [6.45, 7) is 6.69. The summed E-state index contributed by atoms with van der Waals surface area (Å²) in [6.07, 6.45) is 4.55. The van der Waals surface area contributed by atoms with Gasteiger partial charge in [0.1, 0.15) is 0 Å². The summed E-state index contributed by atoms with van der Waals surface area (Å²) >= 11 is 0. The molecule has 5 nitrogen and oxygen atoms in total. The Morgan fingerprint density at radius 1 is 1.50 bits per heavy atom. The van der Waals surface area contributed by atoms with E-state index < -0.39 is 0 Å². The van der Waals surface area contributed by atoms with Gasteiger partial charge in [0.2, 0.25) is 0 Å². The van der Waals surface area contributed by atoms with Crippen LogP contribution in [0.3, 0.4) is 0 Å². The maximum Gasteiger partial charge on any atom is 0.191 e. The fourth-order valence-electron chi connectivity index (χ4n) is 1.60. The molecule has 0 atom stereocenters.